The lowest BCUT2D eigenvalue weighted by Gasteiger charge is -2.12. The summed E-state index contributed by atoms with van der Waals surface area (Å²) in [6.45, 7) is 3.44. The quantitative estimate of drug-likeness (QED) is 0.615. The molecule has 0 unspecified atom stereocenters. The van der Waals surface area contributed by atoms with Crippen molar-refractivity contribution in [2.75, 3.05) is 5.01 Å². The number of halogens is 1. The van der Waals surface area contributed by atoms with Gasteiger partial charge in [-0.25, -0.2) is 9.36 Å². The molecule has 3 aromatic rings. The van der Waals surface area contributed by atoms with E-state index in [1.807, 2.05) is 13.0 Å². The monoisotopic (exact) mass is 436 g/mol. The SMILES string of the molecule is CC1=NN(c2cccc(Cl)c2)C(=O)/C1=C\c1c(O)n(-c2cccc(C)c2)c(=O)[nH]c1=O. The van der Waals surface area contributed by atoms with E-state index < -0.39 is 23.0 Å². The van der Waals surface area contributed by atoms with Crippen molar-refractivity contribution in [1.82, 2.24) is 9.55 Å². The van der Waals surface area contributed by atoms with Crippen molar-refractivity contribution in [1.29, 1.82) is 0 Å². The Labute approximate surface area is 181 Å². The average molecular weight is 437 g/mol. The third kappa shape index (κ3) is 3.69. The number of hydrogen-bond acceptors (Lipinski definition) is 5. The van der Waals surface area contributed by atoms with Crippen LogP contribution in [0.3, 0.4) is 0 Å². The molecule has 0 bridgehead atoms. The highest BCUT2D eigenvalue weighted by atomic mass is 35.5. The molecule has 2 aromatic carbocycles. The summed E-state index contributed by atoms with van der Waals surface area (Å²) in [6, 6.07) is 13.5. The lowest BCUT2D eigenvalue weighted by molar-refractivity contribution is -0.114. The molecule has 156 valence electrons. The van der Waals surface area contributed by atoms with Gasteiger partial charge in [-0.15, -0.1) is 0 Å². The first-order chi connectivity index (χ1) is 14.8. The molecule has 1 aliphatic heterocycles. The molecule has 4 rings (SSSR count). The molecule has 9 heteroatoms. The van der Waals surface area contributed by atoms with E-state index in [0.717, 1.165) is 15.1 Å². The predicted molar refractivity (Wildman–Crippen MR) is 119 cm³/mol. The summed E-state index contributed by atoms with van der Waals surface area (Å²) in [4.78, 5) is 40.0. The van der Waals surface area contributed by atoms with E-state index >= 15 is 0 Å². The molecule has 0 saturated heterocycles. The molecule has 1 amide bonds. The minimum Gasteiger partial charge on any atom is -0.494 e. The first kappa shape index (κ1) is 20.4. The summed E-state index contributed by atoms with van der Waals surface area (Å²) >= 11 is 6.00. The Morgan fingerprint density at radius 3 is 2.45 bits per heavy atom. The fourth-order valence-electron chi connectivity index (χ4n) is 3.29. The Kier molecular flexibility index (Phi) is 5.08. The average Bonchev–Trinajstić information content (AvgIpc) is 2.99. The first-order valence-corrected chi connectivity index (χ1v) is 9.66. The van der Waals surface area contributed by atoms with Gasteiger partial charge in [-0.3, -0.25) is 14.6 Å². The third-order valence-electron chi connectivity index (χ3n) is 4.78. The van der Waals surface area contributed by atoms with Crippen LogP contribution in [0.25, 0.3) is 11.8 Å². The molecule has 0 radical (unpaired) electrons. The topological polar surface area (TPSA) is 108 Å². The summed E-state index contributed by atoms with van der Waals surface area (Å²) in [7, 11) is 0. The van der Waals surface area contributed by atoms with Crippen LogP contribution in [0.2, 0.25) is 5.02 Å². The molecular weight excluding hydrogens is 420 g/mol. The van der Waals surface area contributed by atoms with Crippen LogP contribution < -0.4 is 16.3 Å². The van der Waals surface area contributed by atoms with Gasteiger partial charge in [0, 0.05) is 5.02 Å². The largest absolute Gasteiger partial charge is 0.494 e. The van der Waals surface area contributed by atoms with E-state index in [2.05, 4.69) is 10.1 Å². The van der Waals surface area contributed by atoms with Crippen LogP contribution in [-0.4, -0.2) is 26.3 Å². The van der Waals surface area contributed by atoms with Crippen LogP contribution in [-0.2, 0) is 4.79 Å². The number of anilines is 1. The zero-order valence-electron chi connectivity index (χ0n) is 16.6. The van der Waals surface area contributed by atoms with Gasteiger partial charge >= 0.3 is 5.69 Å². The van der Waals surface area contributed by atoms with Gasteiger partial charge in [0.25, 0.3) is 11.5 Å². The zero-order valence-corrected chi connectivity index (χ0v) is 17.3. The van der Waals surface area contributed by atoms with Crippen molar-refractivity contribution in [2.45, 2.75) is 13.8 Å². The summed E-state index contributed by atoms with van der Waals surface area (Å²) in [5.41, 5.74) is 0.310. The molecule has 2 heterocycles. The molecule has 0 atom stereocenters. The number of carbonyl (C=O) groups is 1. The van der Waals surface area contributed by atoms with Crippen LogP contribution in [0, 0.1) is 6.92 Å². The second-order valence-electron chi connectivity index (χ2n) is 7.01. The molecular formula is C22H17ClN4O4. The van der Waals surface area contributed by atoms with Crippen molar-refractivity contribution in [3.63, 3.8) is 0 Å². The summed E-state index contributed by atoms with van der Waals surface area (Å²) in [5, 5.41) is 16.6. The molecule has 0 fully saturated rings. The lowest BCUT2D eigenvalue weighted by atomic mass is 10.1. The normalized spacial score (nSPS) is 14.9. The molecule has 1 aromatic heterocycles. The molecule has 0 aliphatic carbocycles. The second-order valence-corrected chi connectivity index (χ2v) is 7.45. The van der Waals surface area contributed by atoms with Gasteiger partial charge in [0.2, 0.25) is 5.88 Å². The Morgan fingerprint density at radius 2 is 1.74 bits per heavy atom. The van der Waals surface area contributed by atoms with E-state index in [0.29, 0.717) is 22.1 Å². The Hall–Kier alpha value is -3.91. The maximum Gasteiger partial charge on any atom is 0.335 e. The van der Waals surface area contributed by atoms with Gasteiger partial charge in [0.15, 0.2) is 0 Å². The maximum atomic E-state index is 13.0. The van der Waals surface area contributed by atoms with Crippen LogP contribution in [0.1, 0.15) is 18.1 Å². The van der Waals surface area contributed by atoms with Gasteiger partial charge < -0.3 is 5.11 Å². The van der Waals surface area contributed by atoms with Gasteiger partial charge in [-0.1, -0.05) is 29.8 Å². The van der Waals surface area contributed by atoms with E-state index in [4.69, 9.17) is 11.6 Å². The van der Waals surface area contributed by atoms with Crippen LogP contribution in [0.15, 0.2) is 68.8 Å². The predicted octanol–water partition coefficient (Wildman–Crippen LogP) is 3.00. The Balaban J connectivity index is 1.83. The minimum atomic E-state index is -0.819. The highest BCUT2D eigenvalue weighted by Crippen LogP contribution is 2.28. The molecule has 31 heavy (non-hydrogen) atoms. The van der Waals surface area contributed by atoms with Crippen molar-refractivity contribution in [2.24, 2.45) is 5.10 Å². The third-order valence-corrected chi connectivity index (χ3v) is 5.02. The number of benzene rings is 2. The van der Waals surface area contributed by atoms with Crippen molar-refractivity contribution in [3.8, 4) is 11.6 Å². The van der Waals surface area contributed by atoms with Crippen molar-refractivity contribution in [3.05, 3.63) is 91.1 Å². The van der Waals surface area contributed by atoms with Crippen LogP contribution in [0.5, 0.6) is 5.88 Å². The number of hydrogen-bond donors (Lipinski definition) is 2. The molecule has 8 nitrogen and oxygen atoms in total. The Bertz CT molecular complexity index is 1400. The highest BCUT2D eigenvalue weighted by Gasteiger charge is 2.30. The molecule has 0 spiro atoms. The maximum absolute atomic E-state index is 13.0. The minimum absolute atomic E-state index is 0.107. The van der Waals surface area contributed by atoms with E-state index in [9.17, 15) is 19.5 Å². The number of hydrazone groups is 1. The van der Waals surface area contributed by atoms with Crippen LogP contribution in [0.4, 0.5) is 5.69 Å². The number of aromatic hydroxyl groups is 1. The van der Waals surface area contributed by atoms with Crippen LogP contribution >= 0.6 is 11.6 Å². The van der Waals surface area contributed by atoms with E-state index in [1.165, 1.54) is 6.08 Å². The fourth-order valence-corrected chi connectivity index (χ4v) is 3.47. The second kappa shape index (κ2) is 7.73. The number of amides is 1. The number of aromatic amines is 1. The van der Waals surface area contributed by atoms with Crippen molar-refractivity contribution < 1.29 is 9.90 Å². The van der Waals surface area contributed by atoms with Gasteiger partial charge in [-0.05, 0) is 55.8 Å². The zero-order chi connectivity index (χ0) is 22.3. The fraction of sp³-hybridized carbons (Fsp3) is 0.0909. The number of aromatic nitrogens is 2. The van der Waals surface area contributed by atoms with Gasteiger partial charge in [0.05, 0.1) is 22.7 Å². The number of rotatable bonds is 3. The number of nitrogens with zero attached hydrogens (tertiary/aromatic N) is 3. The smallest absolute Gasteiger partial charge is 0.335 e. The first-order valence-electron chi connectivity index (χ1n) is 9.29. The number of aryl methyl sites for hydroxylation is 1. The van der Waals surface area contributed by atoms with Gasteiger partial charge in [-0.2, -0.15) is 10.1 Å². The molecule has 1 aliphatic rings. The van der Waals surface area contributed by atoms with Crippen molar-refractivity contribution >= 4 is 35.0 Å². The summed E-state index contributed by atoms with van der Waals surface area (Å²) < 4.78 is 0.974. The van der Waals surface area contributed by atoms with E-state index in [-0.39, 0.29) is 11.1 Å². The van der Waals surface area contributed by atoms with Gasteiger partial charge in [0.1, 0.15) is 5.56 Å². The summed E-state index contributed by atoms with van der Waals surface area (Å²) in [5.74, 6) is -1.07. The number of H-pyrrole nitrogens is 1. The Morgan fingerprint density at radius 1 is 1.03 bits per heavy atom. The molecule has 0 saturated carbocycles. The molecule has 2 N–H and O–H groups in total. The van der Waals surface area contributed by atoms with E-state index in [1.54, 1.807) is 49.4 Å². The number of nitrogens with one attached hydrogen (secondary N) is 1. The lowest BCUT2D eigenvalue weighted by Crippen LogP contribution is -2.30. The highest BCUT2D eigenvalue weighted by molar-refractivity contribution is 6.33. The summed E-state index contributed by atoms with van der Waals surface area (Å²) in [6.07, 6.45) is 1.23. The standard InChI is InChI=1S/C22H17ClN4O4/c1-12-5-3-7-15(9-12)26-20(29)18(19(28)24-22(26)31)11-17-13(2)25-27(21(17)30)16-8-4-6-14(23)10-16/h3-11,29H,1-2H3,(H,24,28,31)/b17-11-. The number of carbonyl (C=O) groups excluding carboxylic acids is 1.